The summed E-state index contributed by atoms with van der Waals surface area (Å²) in [5.74, 6) is 0. The number of benzene rings is 5. The maximum absolute atomic E-state index is 13.8. The zero-order chi connectivity index (χ0) is 24.7. The van der Waals surface area contributed by atoms with Crippen LogP contribution in [0.25, 0.3) is 0 Å². The van der Waals surface area contributed by atoms with Gasteiger partial charge in [0.1, 0.15) is 0 Å². The van der Waals surface area contributed by atoms with Gasteiger partial charge in [-0.15, -0.1) is 0 Å². The fraction of sp³-hybridized carbons (Fsp3) is 0. The lowest BCUT2D eigenvalue weighted by Crippen LogP contribution is -2.19. The van der Waals surface area contributed by atoms with Crippen molar-refractivity contribution in [3.63, 3.8) is 0 Å². The minimum Gasteiger partial charge on any atom is -0.288 e. The van der Waals surface area contributed by atoms with Crippen LogP contribution in [-0.4, -0.2) is 11.0 Å². The summed E-state index contributed by atoms with van der Waals surface area (Å²) in [6, 6.07) is 47.0. The Hall–Kier alpha value is -3.70. The van der Waals surface area contributed by atoms with Gasteiger partial charge in [-0.1, -0.05) is 146 Å². The van der Waals surface area contributed by atoms with E-state index in [4.69, 9.17) is 0 Å². The van der Waals surface area contributed by atoms with E-state index in [1.807, 2.05) is 121 Å². The highest BCUT2D eigenvalue weighted by atomic mass is 31.1. The Morgan fingerprint density at radius 3 is 0.778 bits per heavy atom. The summed E-state index contributed by atoms with van der Waals surface area (Å²) in [6.45, 7) is 0. The molecule has 0 aromatic heterocycles. The maximum Gasteiger partial charge on any atom is 0.193 e. The fourth-order valence-corrected chi connectivity index (χ4v) is 8.32. The number of carbonyl (C=O) groups excluding carboxylic acids is 2. The van der Waals surface area contributed by atoms with Crippen molar-refractivity contribution >= 4 is 48.1 Å². The van der Waals surface area contributed by atoms with Gasteiger partial charge in [0.25, 0.3) is 0 Å². The smallest absolute Gasteiger partial charge is 0.193 e. The first-order valence-corrected chi connectivity index (χ1v) is 14.4. The predicted molar refractivity (Wildman–Crippen MR) is 153 cm³/mol. The van der Waals surface area contributed by atoms with E-state index in [0.29, 0.717) is 11.1 Å². The van der Waals surface area contributed by atoms with Crippen LogP contribution < -0.4 is 21.2 Å². The third-order valence-electron chi connectivity index (χ3n) is 5.84. The van der Waals surface area contributed by atoms with E-state index >= 15 is 0 Å². The quantitative estimate of drug-likeness (QED) is 0.236. The lowest BCUT2D eigenvalue weighted by Gasteiger charge is -2.19. The molecule has 0 aliphatic heterocycles. The van der Waals surface area contributed by atoms with Crippen LogP contribution in [0.1, 0.15) is 20.7 Å². The van der Waals surface area contributed by atoms with Crippen LogP contribution in [0.15, 0.2) is 146 Å². The normalized spacial score (nSPS) is 10.9. The van der Waals surface area contributed by atoms with Crippen LogP contribution in [0.3, 0.4) is 0 Å². The third-order valence-corrected chi connectivity index (χ3v) is 10.4. The first-order valence-electron chi connectivity index (χ1n) is 11.7. The van der Waals surface area contributed by atoms with Crippen LogP contribution in [0.5, 0.6) is 0 Å². The first kappa shape index (κ1) is 24.0. The first-order chi connectivity index (χ1) is 17.7. The number of hydrogen-bond acceptors (Lipinski definition) is 2. The van der Waals surface area contributed by atoms with Crippen molar-refractivity contribution < 1.29 is 9.59 Å². The molecule has 5 aromatic rings. The van der Waals surface area contributed by atoms with Crippen molar-refractivity contribution in [3.05, 3.63) is 157 Å². The van der Waals surface area contributed by atoms with E-state index in [0.717, 1.165) is 21.2 Å². The van der Waals surface area contributed by atoms with Gasteiger partial charge in [0, 0.05) is 27.0 Å². The summed E-state index contributed by atoms with van der Waals surface area (Å²) in [5.41, 5.74) is 1.40. The molecule has 0 saturated heterocycles. The molecule has 0 aliphatic rings. The minimum atomic E-state index is -1.22. The third kappa shape index (κ3) is 5.26. The van der Waals surface area contributed by atoms with Gasteiger partial charge in [0.15, 0.2) is 11.0 Å². The molecular formula is C32H24O2P2. The molecule has 0 radical (unpaired) electrons. The summed E-state index contributed by atoms with van der Waals surface area (Å²) in [4.78, 5) is 27.5. The van der Waals surface area contributed by atoms with Crippen molar-refractivity contribution in [1.29, 1.82) is 0 Å². The van der Waals surface area contributed by atoms with Gasteiger partial charge in [-0.25, -0.2) is 0 Å². The predicted octanol–water partition coefficient (Wildman–Crippen LogP) is 6.23. The highest BCUT2D eigenvalue weighted by Crippen LogP contribution is 2.40. The summed E-state index contributed by atoms with van der Waals surface area (Å²) < 4.78 is 0. The van der Waals surface area contributed by atoms with Crippen LogP contribution in [0.4, 0.5) is 0 Å². The second kappa shape index (κ2) is 11.4. The molecule has 0 atom stereocenters. The Labute approximate surface area is 214 Å². The molecule has 0 spiro atoms. The van der Waals surface area contributed by atoms with Crippen LogP contribution in [0, 0.1) is 0 Å². The highest BCUT2D eigenvalue weighted by molar-refractivity contribution is 7.88. The van der Waals surface area contributed by atoms with Crippen molar-refractivity contribution in [2.75, 3.05) is 0 Å². The van der Waals surface area contributed by atoms with Crippen molar-refractivity contribution in [2.45, 2.75) is 0 Å². The monoisotopic (exact) mass is 502 g/mol. The van der Waals surface area contributed by atoms with Gasteiger partial charge in [0.05, 0.1) is 0 Å². The average Bonchev–Trinajstić information content (AvgIpc) is 2.96. The standard InChI is InChI=1S/C32H24O2P2/c33-31(35(27-13-5-1-6-14-27)28-15-7-2-8-16-28)25-21-23-26(24-22-25)32(34)36(29-17-9-3-10-18-29)30-19-11-4-12-20-30/h1-24H. The number of carbonyl (C=O) groups is 2. The molecule has 0 fully saturated rings. The highest BCUT2D eigenvalue weighted by Gasteiger charge is 2.26. The molecule has 2 nitrogen and oxygen atoms in total. The van der Waals surface area contributed by atoms with E-state index < -0.39 is 15.8 Å². The average molecular weight is 502 g/mol. The zero-order valence-electron chi connectivity index (χ0n) is 19.6. The summed E-state index contributed by atoms with van der Waals surface area (Å²) in [5, 5.41) is 4.06. The topological polar surface area (TPSA) is 34.1 Å². The molecule has 0 bridgehead atoms. The Bertz CT molecular complexity index is 1240. The van der Waals surface area contributed by atoms with Crippen LogP contribution >= 0.6 is 15.8 Å². The number of hydrogen-bond donors (Lipinski definition) is 0. The van der Waals surface area contributed by atoms with E-state index in [2.05, 4.69) is 0 Å². The molecular weight excluding hydrogens is 478 g/mol. The molecule has 0 unspecified atom stereocenters. The second-order valence-electron chi connectivity index (χ2n) is 8.20. The van der Waals surface area contributed by atoms with Crippen LogP contribution in [-0.2, 0) is 0 Å². The van der Waals surface area contributed by atoms with E-state index in [1.54, 1.807) is 24.3 Å². The van der Waals surface area contributed by atoms with Crippen molar-refractivity contribution in [2.24, 2.45) is 0 Å². The van der Waals surface area contributed by atoms with Crippen molar-refractivity contribution in [3.8, 4) is 0 Å². The van der Waals surface area contributed by atoms with Gasteiger partial charge in [-0.3, -0.25) is 9.59 Å². The Kier molecular flexibility index (Phi) is 7.58. The molecule has 36 heavy (non-hydrogen) atoms. The van der Waals surface area contributed by atoms with Crippen LogP contribution in [0.2, 0.25) is 0 Å². The summed E-state index contributed by atoms with van der Waals surface area (Å²) in [6.07, 6.45) is 0. The summed E-state index contributed by atoms with van der Waals surface area (Å²) >= 11 is 0. The molecule has 0 amide bonds. The lowest BCUT2D eigenvalue weighted by molar-refractivity contribution is 0.107. The molecule has 5 aromatic carbocycles. The van der Waals surface area contributed by atoms with Gasteiger partial charge in [0.2, 0.25) is 0 Å². The van der Waals surface area contributed by atoms with Gasteiger partial charge >= 0.3 is 0 Å². The Balaban J connectivity index is 1.47. The molecule has 5 rings (SSSR count). The lowest BCUT2D eigenvalue weighted by atomic mass is 10.2. The molecule has 0 N–H and O–H groups in total. The van der Waals surface area contributed by atoms with E-state index in [1.165, 1.54) is 0 Å². The zero-order valence-corrected chi connectivity index (χ0v) is 21.4. The number of rotatable bonds is 8. The Morgan fingerprint density at radius 1 is 0.333 bits per heavy atom. The molecule has 0 heterocycles. The molecule has 0 aliphatic carbocycles. The molecule has 174 valence electrons. The SMILES string of the molecule is O=C(c1ccc(C(=O)P(c2ccccc2)c2ccccc2)cc1)P(c1ccccc1)c1ccccc1. The minimum absolute atomic E-state index is 0.0785. The second-order valence-corrected chi connectivity index (χ2v) is 12.4. The molecule has 0 saturated carbocycles. The molecule has 4 heteroatoms. The Morgan fingerprint density at radius 2 is 0.556 bits per heavy atom. The summed E-state index contributed by atoms with van der Waals surface area (Å²) in [7, 11) is -2.44. The van der Waals surface area contributed by atoms with Crippen molar-refractivity contribution in [1.82, 2.24) is 0 Å². The largest absolute Gasteiger partial charge is 0.288 e. The van der Waals surface area contributed by atoms with Gasteiger partial charge < -0.3 is 0 Å². The fourth-order valence-electron chi connectivity index (χ4n) is 4.09. The van der Waals surface area contributed by atoms with E-state index in [-0.39, 0.29) is 11.0 Å². The van der Waals surface area contributed by atoms with Gasteiger partial charge in [-0.05, 0) is 21.2 Å². The maximum atomic E-state index is 13.8. The van der Waals surface area contributed by atoms with Gasteiger partial charge in [-0.2, -0.15) is 0 Å². The van der Waals surface area contributed by atoms with E-state index in [9.17, 15) is 9.59 Å².